The summed E-state index contributed by atoms with van der Waals surface area (Å²) in [5.74, 6) is 0. The molecule has 4 nitrogen and oxygen atoms in total. The number of nitrogens with one attached hydrogen (secondary N) is 3. The highest BCUT2D eigenvalue weighted by atomic mass is 35.5. The molecule has 0 aromatic heterocycles. The van der Waals surface area contributed by atoms with Crippen LogP contribution in [0.3, 0.4) is 0 Å². The van der Waals surface area contributed by atoms with Crippen molar-refractivity contribution < 1.29 is 5.11 Å². The van der Waals surface area contributed by atoms with E-state index >= 15 is 0 Å². The third kappa shape index (κ3) is 2.76. The van der Waals surface area contributed by atoms with Gasteiger partial charge in [0, 0.05) is 16.5 Å². The van der Waals surface area contributed by atoms with E-state index in [1.807, 2.05) is 18.2 Å². The molecule has 0 saturated heterocycles. The van der Waals surface area contributed by atoms with Crippen molar-refractivity contribution in [1.82, 2.24) is 10.0 Å². The molecule has 15 heavy (non-hydrogen) atoms. The lowest BCUT2D eigenvalue weighted by atomic mass is 10.3. The van der Waals surface area contributed by atoms with Crippen LogP contribution in [0, 0.1) is 0 Å². The zero-order valence-electron chi connectivity index (χ0n) is 7.96. The summed E-state index contributed by atoms with van der Waals surface area (Å²) in [7, 11) is 0. The molecule has 1 aromatic carbocycles. The first kappa shape index (κ1) is 11.0. The van der Waals surface area contributed by atoms with E-state index in [0.717, 1.165) is 10.6 Å². The van der Waals surface area contributed by atoms with Gasteiger partial charge in [-0.15, -0.1) is 0 Å². The summed E-state index contributed by atoms with van der Waals surface area (Å²) < 4.78 is 3.17. The van der Waals surface area contributed by atoms with Gasteiger partial charge in [0.15, 0.2) is 0 Å². The predicted molar refractivity (Wildman–Crippen MR) is 62.9 cm³/mol. The number of aliphatic hydroxyl groups is 1. The second-order valence-electron chi connectivity index (χ2n) is 3.12. The summed E-state index contributed by atoms with van der Waals surface area (Å²) in [6.45, 7) is 0.661. The van der Waals surface area contributed by atoms with Crippen LogP contribution in [-0.4, -0.2) is 24.5 Å². The van der Waals surface area contributed by atoms with Gasteiger partial charge >= 0.3 is 0 Å². The van der Waals surface area contributed by atoms with Crippen molar-refractivity contribution in [2.75, 3.05) is 18.5 Å². The minimum Gasteiger partial charge on any atom is -0.395 e. The number of rotatable bonds is 3. The van der Waals surface area contributed by atoms with Crippen LogP contribution in [0.4, 0.5) is 5.69 Å². The normalized spacial score (nSPS) is 19.5. The Kier molecular flexibility index (Phi) is 3.71. The Morgan fingerprint density at radius 2 is 2.40 bits per heavy atom. The summed E-state index contributed by atoms with van der Waals surface area (Å²) in [5, 5.41) is 15.7. The van der Waals surface area contributed by atoms with Crippen LogP contribution in [0.5, 0.6) is 0 Å². The molecule has 0 radical (unpaired) electrons. The first-order valence-corrected chi connectivity index (χ1v) is 5.82. The predicted octanol–water partition coefficient (Wildman–Crippen LogP) is 1.23. The van der Waals surface area contributed by atoms with E-state index in [0.29, 0.717) is 11.6 Å². The summed E-state index contributed by atoms with van der Waals surface area (Å²) in [6, 6.07) is 5.71. The van der Waals surface area contributed by atoms with Crippen molar-refractivity contribution in [2.24, 2.45) is 0 Å². The minimum absolute atomic E-state index is 0.0480. The standard InChI is InChI=1S/C9H12ClN3OS/c10-6-1-2-8-7(5-6)12-9(13-15-8)11-3-4-14/h1-2,5,9,11-14H,3-4H2. The molecule has 1 atom stereocenters. The van der Waals surface area contributed by atoms with Crippen LogP contribution in [-0.2, 0) is 0 Å². The van der Waals surface area contributed by atoms with Crippen molar-refractivity contribution in [2.45, 2.75) is 11.2 Å². The molecule has 1 heterocycles. The lowest BCUT2D eigenvalue weighted by molar-refractivity contribution is 0.285. The van der Waals surface area contributed by atoms with Crippen molar-refractivity contribution in [3.05, 3.63) is 23.2 Å². The smallest absolute Gasteiger partial charge is 0.141 e. The Morgan fingerprint density at radius 1 is 1.53 bits per heavy atom. The first-order valence-electron chi connectivity index (χ1n) is 4.62. The number of fused-ring (bicyclic) bond motifs is 1. The van der Waals surface area contributed by atoms with Gasteiger partial charge in [-0.2, -0.15) is 0 Å². The van der Waals surface area contributed by atoms with Gasteiger partial charge in [0.25, 0.3) is 0 Å². The van der Waals surface area contributed by atoms with E-state index in [2.05, 4.69) is 15.4 Å². The molecule has 2 rings (SSSR count). The Hall–Kier alpha value is -0.460. The zero-order chi connectivity index (χ0) is 10.7. The van der Waals surface area contributed by atoms with Crippen LogP contribution < -0.4 is 15.4 Å². The fourth-order valence-electron chi connectivity index (χ4n) is 1.31. The molecule has 0 bridgehead atoms. The average Bonchev–Trinajstić information content (AvgIpc) is 2.25. The third-order valence-corrected chi connectivity index (χ3v) is 3.15. The maximum absolute atomic E-state index is 8.69. The van der Waals surface area contributed by atoms with Gasteiger partial charge in [-0.25, -0.2) is 4.72 Å². The summed E-state index contributed by atoms with van der Waals surface area (Å²) >= 11 is 7.44. The molecule has 0 fully saturated rings. The topological polar surface area (TPSA) is 56.3 Å². The summed E-state index contributed by atoms with van der Waals surface area (Å²) in [6.07, 6.45) is -0.0480. The lowest BCUT2D eigenvalue weighted by Gasteiger charge is -2.28. The molecular weight excluding hydrogens is 234 g/mol. The van der Waals surface area contributed by atoms with E-state index in [-0.39, 0.29) is 12.9 Å². The Morgan fingerprint density at radius 3 is 3.20 bits per heavy atom. The SMILES string of the molecule is OCCNC1NSc2ccc(Cl)cc2N1. The minimum atomic E-state index is -0.0480. The van der Waals surface area contributed by atoms with Gasteiger partial charge in [0.2, 0.25) is 0 Å². The molecule has 0 aliphatic carbocycles. The number of aliphatic hydroxyl groups excluding tert-OH is 1. The maximum atomic E-state index is 8.69. The molecule has 0 spiro atoms. The number of benzene rings is 1. The second-order valence-corrected chi connectivity index (χ2v) is 4.43. The lowest BCUT2D eigenvalue weighted by Crippen LogP contribution is -2.48. The molecule has 1 aliphatic heterocycles. The van der Waals surface area contributed by atoms with Gasteiger partial charge in [-0.3, -0.25) is 5.32 Å². The van der Waals surface area contributed by atoms with Gasteiger partial charge in [0.05, 0.1) is 12.3 Å². The largest absolute Gasteiger partial charge is 0.395 e. The maximum Gasteiger partial charge on any atom is 0.141 e. The molecule has 82 valence electrons. The van der Waals surface area contributed by atoms with Crippen LogP contribution in [0.15, 0.2) is 23.1 Å². The van der Waals surface area contributed by atoms with Crippen molar-refractivity contribution >= 4 is 29.2 Å². The van der Waals surface area contributed by atoms with Gasteiger partial charge < -0.3 is 10.4 Å². The Balaban J connectivity index is 2.05. The first-order chi connectivity index (χ1) is 7.29. The fourth-order valence-corrected chi connectivity index (χ4v) is 2.24. The molecule has 4 N–H and O–H groups in total. The number of hydrogen-bond donors (Lipinski definition) is 4. The fraction of sp³-hybridized carbons (Fsp3) is 0.333. The molecule has 1 unspecified atom stereocenters. The van der Waals surface area contributed by atoms with Crippen molar-refractivity contribution in [3.63, 3.8) is 0 Å². The van der Waals surface area contributed by atoms with E-state index in [1.165, 1.54) is 0 Å². The highest BCUT2D eigenvalue weighted by Crippen LogP contribution is 2.31. The molecule has 0 saturated carbocycles. The van der Waals surface area contributed by atoms with Gasteiger partial charge in [0.1, 0.15) is 6.29 Å². The summed E-state index contributed by atoms with van der Waals surface area (Å²) in [5.41, 5.74) is 1.00. The molecule has 6 heteroatoms. The highest BCUT2D eigenvalue weighted by molar-refractivity contribution is 7.97. The number of hydrogen-bond acceptors (Lipinski definition) is 5. The van der Waals surface area contributed by atoms with Gasteiger partial charge in [-0.1, -0.05) is 11.6 Å². The number of anilines is 1. The van der Waals surface area contributed by atoms with Crippen molar-refractivity contribution in [3.8, 4) is 0 Å². The van der Waals surface area contributed by atoms with E-state index < -0.39 is 0 Å². The third-order valence-electron chi connectivity index (χ3n) is 1.99. The molecule has 1 aromatic rings. The van der Waals surface area contributed by atoms with E-state index in [9.17, 15) is 0 Å². The van der Waals surface area contributed by atoms with Crippen molar-refractivity contribution in [1.29, 1.82) is 0 Å². The van der Waals surface area contributed by atoms with E-state index in [4.69, 9.17) is 16.7 Å². The zero-order valence-corrected chi connectivity index (χ0v) is 9.53. The Labute approximate surface area is 97.5 Å². The molecule has 0 amide bonds. The average molecular weight is 246 g/mol. The number of halogens is 1. The molecule has 1 aliphatic rings. The Bertz CT molecular complexity index is 350. The molecular formula is C9H12ClN3OS. The van der Waals surface area contributed by atoms with Crippen LogP contribution in [0.25, 0.3) is 0 Å². The summed E-state index contributed by atoms with van der Waals surface area (Å²) in [4.78, 5) is 1.11. The van der Waals surface area contributed by atoms with Crippen LogP contribution >= 0.6 is 23.5 Å². The van der Waals surface area contributed by atoms with Crippen LogP contribution in [0.2, 0.25) is 5.02 Å². The quantitative estimate of drug-likeness (QED) is 0.604. The second kappa shape index (κ2) is 5.05. The van der Waals surface area contributed by atoms with Crippen LogP contribution in [0.1, 0.15) is 0 Å². The van der Waals surface area contributed by atoms with Gasteiger partial charge in [-0.05, 0) is 30.1 Å². The monoisotopic (exact) mass is 245 g/mol. The highest BCUT2D eigenvalue weighted by Gasteiger charge is 2.16. The van der Waals surface area contributed by atoms with E-state index in [1.54, 1.807) is 11.9 Å².